The molecule has 0 saturated heterocycles. The van der Waals surface area contributed by atoms with Gasteiger partial charge in [-0.25, -0.2) is 4.99 Å². The normalized spacial score (nSPS) is 11.1. The van der Waals surface area contributed by atoms with E-state index in [1.165, 1.54) is 5.56 Å². The van der Waals surface area contributed by atoms with Crippen molar-refractivity contribution in [2.75, 3.05) is 20.2 Å². The van der Waals surface area contributed by atoms with Crippen molar-refractivity contribution in [3.8, 4) is 5.75 Å². The van der Waals surface area contributed by atoms with Crippen LogP contribution in [-0.4, -0.2) is 26.2 Å². The summed E-state index contributed by atoms with van der Waals surface area (Å²) in [6.07, 6.45) is 1.14. The summed E-state index contributed by atoms with van der Waals surface area (Å²) in [5.41, 5.74) is 2.35. The second-order valence-electron chi connectivity index (χ2n) is 5.66. The SMILES string of the molecule is CCNC(=NCc1cc(C)cc(OC)c1)NCCC(C)C.I. The summed E-state index contributed by atoms with van der Waals surface area (Å²) in [5.74, 6) is 2.46. The summed E-state index contributed by atoms with van der Waals surface area (Å²) < 4.78 is 5.30. The lowest BCUT2D eigenvalue weighted by Crippen LogP contribution is -2.38. The van der Waals surface area contributed by atoms with E-state index in [2.05, 4.69) is 49.4 Å². The Balaban J connectivity index is 0.00000441. The Hall–Kier alpha value is -0.980. The van der Waals surface area contributed by atoms with Gasteiger partial charge in [0.15, 0.2) is 5.96 Å². The average molecular weight is 419 g/mol. The van der Waals surface area contributed by atoms with E-state index in [9.17, 15) is 0 Å². The van der Waals surface area contributed by atoms with Crippen LogP contribution in [0.1, 0.15) is 38.3 Å². The standard InChI is InChI=1S/C17H29N3O.HI/c1-6-18-17(19-8-7-13(2)3)20-12-15-9-14(4)10-16(11-15)21-5;/h9-11,13H,6-8,12H2,1-5H3,(H2,18,19,20);1H. The van der Waals surface area contributed by atoms with Gasteiger partial charge < -0.3 is 15.4 Å². The predicted octanol–water partition coefficient (Wildman–Crippen LogP) is 3.72. The molecule has 2 N–H and O–H groups in total. The fraction of sp³-hybridized carbons (Fsp3) is 0.588. The predicted molar refractivity (Wildman–Crippen MR) is 105 cm³/mol. The van der Waals surface area contributed by atoms with Crippen molar-refractivity contribution in [3.63, 3.8) is 0 Å². The molecule has 1 aromatic rings. The lowest BCUT2D eigenvalue weighted by Gasteiger charge is -2.12. The largest absolute Gasteiger partial charge is 0.497 e. The molecule has 0 radical (unpaired) electrons. The molecular weight excluding hydrogens is 389 g/mol. The number of nitrogens with zero attached hydrogens (tertiary/aromatic N) is 1. The number of nitrogens with one attached hydrogen (secondary N) is 2. The Bertz CT molecular complexity index is 461. The van der Waals surface area contributed by atoms with Crippen molar-refractivity contribution in [2.45, 2.75) is 40.7 Å². The maximum atomic E-state index is 5.30. The molecule has 0 aliphatic heterocycles. The Morgan fingerprint density at radius 3 is 2.55 bits per heavy atom. The zero-order valence-corrected chi connectivity index (χ0v) is 16.7. The van der Waals surface area contributed by atoms with Crippen molar-refractivity contribution >= 4 is 29.9 Å². The van der Waals surface area contributed by atoms with E-state index in [-0.39, 0.29) is 24.0 Å². The molecule has 4 nitrogen and oxygen atoms in total. The summed E-state index contributed by atoms with van der Waals surface area (Å²) in [6, 6.07) is 6.21. The minimum atomic E-state index is 0. The van der Waals surface area contributed by atoms with Gasteiger partial charge in [-0.3, -0.25) is 0 Å². The first kappa shape index (κ1) is 21.0. The van der Waals surface area contributed by atoms with Crippen LogP contribution in [0.25, 0.3) is 0 Å². The molecule has 0 saturated carbocycles. The summed E-state index contributed by atoms with van der Waals surface area (Å²) >= 11 is 0. The lowest BCUT2D eigenvalue weighted by atomic mass is 10.1. The van der Waals surface area contributed by atoms with Gasteiger partial charge in [0.25, 0.3) is 0 Å². The average Bonchev–Trinajstić information content (AvgIpc) is 2.43. The molecule has 0 atom stereocenters. The van der Waals surface area contributed by atoms with Gasteiger partial charge in [0.05, 0.1) is 13.7 Å². The van der Waals surface area contributed by atoms with Crippen LogP contribution in [-0.2, 0) is 6.54 Å². The van der Waals surface area contributed by atoms with E-state index in [0.717, 1.165) is 36.8 Å². The van der Waals surface area contributed by atoms with Crippen LogP contribution in [0.2, 0.25) is 0 Å². The number of aliphatic imine (C=N–C) groups is 1. The van der Waals surface area contributed by atoms with Gasteiger partial charge in [-0.05, 0) is 49.4 Å². The van der Waals surface area contributed by atoms with Gasteiger partial charge in [-0.1, -0.05) is 19.9 Å². The van der Waals surface area contributed by atoms with Crippen molar-refractivity contribution in [3.05, 3.63) is 29.3 Å². The highest BCUT2D eigenvalue weighted by Crippen LogP contribution is 2.16. The van der Waals surface area contributed by atoms with E-state index in [1.54, 1.807) is 7.11 Å². The van der Waals surface area contributed by atoms with Crippen LogP contribution < -0.4 is 15.4 Å². The van der Waals surface area contributed by atoms with Crippen LogP contribution >= 0.6 is 24.0 Å². The topological polar surface area (TPSA) is 45.7 Å². The van der Waals surface area contributed by atoms with E-state index in [4.69, 9.17) is 4.74 Å². The maximum Gasteiger partial charge on any atom is 0.191 e. The quantitative estimate of drug-likeness (QED) is 0.402. The third-order valence-corrected chi connectivity index (χ3v) is 3.12. The molecule has 1 rings (SSSR count). The van der Waals surface area contributed by atoms with Gasteiger partial charge in [0.2, 0.25) is 0 Å². The molecule has 0 unspecified atom stereocenters. The minimum Gasteiger partial charge on any atom is -0.497 e. The van der Waals surface area contributed by atoms with E-state index >= 15 is 0 Å². The number of aryl methyl sites for hydroxylation is 1. The number of guanidine groups is 1. The highest BCUT2D eigenvalue weighted by Gasteiger charge is 2.01. The fourth-order valence-corrected chi connectivity index (χ4v) is 2.03. The van der Waals surface area contributed by atoms with E-state index < -0.39 is 0 Å². The molecule has 1 aromatic carbocycles. The van der Waals surface area contributed by atoms with Crippen molar-refractivity contribution in [1.29, 1.82) is 0 Å². The summed E-state index contributed by atoms with van der Waals surface area (Å²) in [6.45, 7) is 11.1. The molecule has 22 heavy (non-hydrogen) atoms. The number of hydrogen-bond donors (Lipinski definition) is 2. The van der Waals surface area contributed by atoms with Gasteiger partial charge >= 0.3 is 0 Å². The molecule has 0 spiro atoms. The number of halogens is 1. The van der Waals surface area contributed by atoms with Gasteiger partial charge in [0, 0.05) is 13.1 Å². The van der Waals surface area contributed by atoms with E-state index in [1.807, 2.05) is 12.1 Å². The van der Waals surface area contributed by atoms with Crippen molar-refractivity contribution in [1.82, 2.24) is 10.6 Å². The number of benzene rings is 1. The molecule has 0 aromatic heterocycles. The summed E-state index contributed by atoms with van der Waals surface area (Å²) in [7, 11) is 1.69. The third-order valence-electron chi connectivity index (χ3n) is 3.12. The first-order valence-electron chi connectivity index (χ1n) is 7.71. The van der Waals surface area contributed by atoms with Crippen LogP contribution in [0.15, 0.2) is 23.2 Å². The first-order valence-corrected chi connectivity index (χ1v) is 7.71. The first-order chi connectivity index (χ1) is 10.0. The molecule has 0 aliphatic rings. The number of ether oxygens (including phenoxy) is 1. The Labute approximate surface area is 152 Å². The molecule has 0 amide bonds. The number of methoxy groups -OCH3 is 1. The Kier molecular flexibility index (Phi) is 11.1. The molecule has 0 bridgehead atoms. The summed E-state index contributed by atoms with van der Waals surface area (Å²) in [4.78, 5) is 4.64. The van der Waals surface area contributed by atoms with Crippen LogP contribution in [0.3, 0.4) is 0 Å². The molecule has 5 heteroatoms. The lowest BCUT2D eigenvalue weighted by molar-refractivity contribution is 0.414. The Morgan fingerprint density at radius 1 is 1.23 bits per heavy atom. The molecule has 0 heterocycles. The Morgan fingerprint density at radius 2 is 1.95 bits per heavy atom. The van der Waals surface area contributed by atoms with Crippen molar-refractivity contribution in [2.24, 2.45) is 10.9 Å². The third kappa shape index (κ3) is 8.46. The zero-order chi connectivity index (χ0) is 15.7. The number of rotatable bonds is 7. The second kappa shape index (κ2) is 11.6. The monoisotopic (exact) mass is 419 g/mol. The molecule has 0 fully saturated rings. The minimum absolute atomic E-state index is 0. The van der Waals surface area contributed by atoms with Gasteiger partial charge in [-0.15, -0.1) is 24.0 Å². The number of hydrogen-bond acceptors (Lipinski definition) is 2. The van der Waals surface area contributed by atoms with Crippen LogP contribution in [0.4, 0.5) is 0 Å². The maximum absolute atomic E-state index is 5.30. The fourth-order valence-electron chi connectivity index (χ4n) is 2.03. The highest BCUT2D eigenvalue weighted by molar-refractivity contribution is 14.0. The smallest absolute Gasteiger partial charge is 0.191 e. The van der Waals surface area contributed by atoms with Crippen molar-refractivity contribution < 1.29 is 4.74 Å². The van der Waals surface area contributed by atoms with Gasteiger partial charge in [-0.2, -0.15) is 0 Å². The summed E-state index contributed by atoms with van der Waals surface area (Å²) in [5, 5.41) is 6.65. The highest BCUT2D eigenvalue weighted by atomic mass is 127. The van der Waals surface area contributed by atoms with Gasteiger partial charge in [0.1, 0.15) is 5.75 Å². The second-order valence-corrected chi connectivity index (χ2v) is 5.66. The molecule has 126 valence electrons. The van der Waals surface area contributed by atoms with E-state index in [0.29, 0.717) is 12.5 Å². The molecular formula is C17H30IN3O. The molecule has 0 aliphatic carbocycles. The van der Waals surface area contributed by atoms with Crippen LogP contribution in [0.5, 0.6) is 5.75 Å². The zero-order valence-electron chi connectivity index (χ0n) is 14.4. The van der Waals surface area contributed by atoms with Crippen LogP contribution in [0, 0.1) is 12.8 Å².